The van der Waals surface area contributed by atoms with E-state index in [1.165, 1.54) is 37.5 Å². The lowest BCUT2D eigenvalue weighted by Gasteiger charge is -2.29. The predicted molar refractivity (Wildman–Crippen MR) is 100 cm³/mol. The Morgan fingerprint density at radius 2 is 2.00 bits per heavy atom. The van der Waals surface area contributed by atoms with E-state index in [-0.39, 0.29) is 6.03 Å². The molecule has 24 heavy (non-hydrogen) atoms. The Hall–Kier alpha value is -1.97. The summed E-state index contributed by atoms with van der Waals surface area (Å²) in [7, 11) is 0. The number of H-pyrrole nitrogens is 1. The molecule has 2 aromatic rings. The smallest absolute Gasteiger partial charge is 0.319 e. The number of benzene rings is 1. The van der Waals surface area contributed by atoms with Crippen LogP contribution >= 0.6 is 0 Å². The number of fused-ring (bicyclic) bond motifs is 1. The zero-order chi connectivity index (χ0) is 16.9. The lowest BCUT2D eigenvalue weighted by molar-refractivity contribution is 0.235. The largest absolute Gasteiger partial charge is 0.359 e. The number of amides is 2. The van der Waals surface area contributed by atoms with Gasteiger partial charge in [-0.25, -0.2) is 4.79 Å². The van der Waals surface area contributed by atoms with Crippen LogP contribution in [-0.2, 0) is 0 Å². The molecule has 4 nitrogen and oxygen atoms in total. The van der Waals surface area contributed by atoms with Crippen molar-refractivity contribution < 1.29 is 4.79 Å². The van der Waals surface area contributed by atoms with Crippen LogP contribution in [0.5, 0.6) is 0 Å². The van der Waals surface area contributed by atoms with Crippen LogP contribution in [0.2, 0.25) is 0 Å². The summed E-state index contributed by atoms with van der Waals surface area (Å²) in [5, 5.41) is 7.27. The van der Waals surface area contributed by atoms with Crippen molar-refractivity contribution in [3.05, 3.63) is 30.0 Å². The zero-order valence-corrected chi connectivity index (χ0v) is 14.8. The first-order valence-electron chi connectivity index (χ1n) is 9.31. The molecule has 3 rings (SSSR count). The van der Waals surface area contributed by atoms with Crippen LogP contribution in [0.25, 0.3) is 10.9 Å². The summed E-state index contributed by atoms with van der Waals surface area (Å²) in [4.78, 5) is 15.5. The highest BCUT2D eigenvalue weighted by Crippen LogP contribution is 2.28. The van der Waals surface area contributed by atoms with Crippen molar-refractivity contribution in [2.24, 2.45) is 5.92 Å². The fourth-order valence-corrected chi connectivity index (χ4v) is 3.79. The van der Waals surface area contributed by atoms with Crippen molar-refractivity contribution in [2.75, 3.05) is 5.32 Å². The molecule has 0 radical (unpaired) electrons. The Morgan fingerprint density at radius 1 is 1.21 bits per heavy atom. The van der Waals surface area contributed by atoms with E-state index in [1.807, 2.05) is 25.1 Å². The molecule has 1 aliphatic carbocycles. The SMILES string of the molecule is CCCCC1CCC(NC(=O)Nc2ccc3cc(C)[nH]c3c2)CC1. The number of hydrogen-bond acceptors (Lipinski definition) is 1. The van der Waals surface area contributed by atoms with Crippen LogP contribution in [0.1, 0.15) is 57.6 Å². The van der Waals surface area contributed by atoms with Crippen LogP contribution in [0, 0.1) is 12.8 Å². The van der Waals surface area contributed by atoms with Gasteiger partial charge in [0.1, 0.15) is 0 Å². The summed E-state index contributed by atoms with van der Waals surface area (Å²) in [5.41, 5.74) is 3.02. The molecule has 4 heteroatoms. The maximum absolute atomic E-state index is 12.2. The summed E-state index contributed by atoms with van der Waals surface area (Å²) < 4.78 is 0. The number of nitrogens with one attached hydrogen (secondary N) is 3. The van der Waals surface area contributed by atoms with Gasteiger partial charge < -0.3 is 15.6 Å². The monoisotopic (exact) mass is 327 g/mol. The molecular weight excluding hydrogens is 298 g/mol. The lowest BCUT2D eigenvalue weighted by Crippen LogP contribution is -2.40. The summed E-state index contributed by atoms with van der Waals surface area (Å²) in [6.07, 6.45) is 8.69. The average molecular weight is 327 g/mol. The second-order valence-corrected chi connectivity index (χ2v) is 7.21. The van der Waals surface area contributed by atoms with Gasteiger partial charge in [0.05, 0.1) is 0 Å². The number of carbonyl (C=O) groups excluding carboxylic acids is 1. The fourth-order valence-electron chi connectivity index (χ4n) is 3.79. The third kappa shape index (κ3) is 4.31. The first kappa shape index (κ1) is 16.9. The van der Waals surface area contributed by atoms with E-state index in [9.17, 15) is 4.79 Å². The summed E-state index contributed by atoms with van der Waals surface area (Å²) in [6, 6.07) is 8.32. The fraction of sp³-hybridized carbons (Fsp3) is 0.550. The number of unbranched alkanes of at least 4 members (excludes halogenated alkanes) is 1. The van der Waals surface area contributed by atoms with Gasteiger partial charge in [-0.3, -0.25) is 0 Å². The second kappa shape index (κ2) is 7.73. The molecule has 1 aromatic heterocycles. The molecule has 0 saturated heterocycles. The number of aromatic nitrogens is 1. The zero-order valence-electron chi connectivity index (χ0n) is 14.8. The van der Waals surface area contributed by atoms with E-state index < -0.39 is 0 Å². The summed E-state index contributed by atoms with van der Waals surface area (Å²) in [6.45, 7) is 4.29. The van der Waals surface area contributed by atoms with Gasteiger partial charge in [0.25, 0.3) is 0 Å². The van der Waals surface area contributed by atoms with Crippen molar-refractivity contribution in [3.63, 3.8) is 0 Å². The Kier molecular flexibility index (Phi) is 5.44. The predicted octanol–water partition coefficient (Wildman–Crippen LogP) is 5.35. The topological polar surface area (TPSA) is 56.9 Å². The minimum absolute atomic E-state index is 0.0883. The van der Waals surface area contributed by atoms with Crippen LogP contribution in [0.3, 0.4) is 0 Å². The van der Waals surface area contributed by atoms with Gasteiger partial charge in [0, 0.05) is 22.9 Å². The van der Waals surface area contributed by atoms with Gasteiger partial charge in [-0.15, -0.1) is 0 Å². The molecule has 3 N–H and O–H groups in total. The molecule has 1 heterocycles. The highest BCUT2D eigenvalue weighted by Gasteiger charge is 2.22. The molecule has 0 spiro atoms. The number of carbonyl (C=O) groups is 1. The Labute approximate surface area is 144 Å². The van der Waals surface area contributed by atoms with Gasteiger partial charge in [-0.1, -0.05) is 32.3 Å². The second-order valence-electron chi connectivity index (χ2n) is 7.21. The van der Waals surface area contributed by atoms with Gasteiger partial charge >= 0.3 is 6.03 Å². The van der Waals surface area contributed by atoms with Crippen molar-refractivity contribution in [2.45, 2.75) is 64.8 Å². The third-order valence-electron chi connectivity index (χ3n) is 5.16. The third-order valence-corrected chi connectivity index (χ3v) is 5.16. The molecule has 1 aliphatic rings. The van der Waals surface area contributed by atoms with E-state index in [2.05, 4.69) is 28.6 Å². The van der Waals surface area contributed by atoms with E-state index in [0.29, 0.717) is 6.04 Å². The van der Waals surface area contributed by atoms with Gasteiger partial charge in [0.15, 0.2) is 0 Å². The van der Waals surface area contributed by atoms with Gasteiger partial charge in [0.2, 0.25) is 0 Å². The number of aryl methyl sites for hydroxylation is 1. The highest BCUT2D eigenvalue weighted by atomic mass is 16.2. The number of rotatable bonds is 5. The van der Waals surface area contributed by atoms with E-state index in [0.717, 1.165) is 35.7 Å². The molecule has 0 aliphatic heterocycles. The molecule has 0 bridgehead atoms. The van der Waals surface area contributed by atoms with Gasteiger partial charge in [-0.2, -0.15) is 0 Å². The minimum atomic E-state index is -0.0883. The number of aromatic amines is 1. The molecule has 0 atom stereocenters. The summed E-state index contributed by atoms with van der Waals surface area (Å²) in [5.74, 6) is 0.865. The molecule has 130 valence electrons. The Balaban J connectivity index is 1.48. The van der Waals surface area contributed by atoms with Crippen LogP contribution in [0.4, 0.5) is 10.5 Å². The Bertz CT molecular complexity index is 683. The minimum Gasteiger partial charge on any atom is -0.359 e. The van der Waals surface area contributed by atoms with Crippen LogP contribution in [0.15, 0.2) is 24.3 Å². The molecule has 1 saturated carbocycles. The maximum atomic E-state index is 12.2. The van der Waals surface area contributed by atoms with Crippen molar-refractivity contribution >= 4 is 22.6 Å². The van der Waals surface area contributed by atoms with Crippen molar-refractivity contribution in [1.29, 1.82) is 0 Å². The number of hydrogen-bond donors (Lipinski definition) is 3. The summed E-state index contributed by atoms with van der Waals surface area (Å²) >= 11 is 0. The maximum Gasteiger partial charge on any atom is 0.319 e. The lowest BCUT2D eigenvalue weighted by atomic mass is 9.83. The molecular formula is C20H29N3O. The van der Waals surface area contributed by atoms with Crippen molar-refractivity contribution in [1.82, 2.24) is 10.3 Å². The van der Waals surface area contributed by atoms with E-state index in [1.54, 1.807) is 0 Å². The molecule has 0 unspecified atom stereocenters. The standard InChI is InChI=1S/C20H29N3O/c1-3-4-5-15-6-9-17(10-7-15)22-20(24)23-18-11-8-16-12-14(2)21-19(16)13-18/h8,11-13,15,17,21H,3-7,9-10H2,1-2H3,(H2,22,23,24). The van der Waals surface area contributed by atoms with Gasteiger partial charge in [-0.05, 0) is 62.1 Å². The highest BCUT2D eigenvalue weighted by molar-refractivity contribution is 5.92. The Morgan fingerprint density at radius 3 is 2.75 bits per heavy atom. The number of anilines is 1. The number of urea groups is 1. The molecule has 1 fully saturated rings. The van der Waals surface area contributed by atoms with Crippen LogP contribution in [-0.4, -0.2) is 17.1 Å². The van der Waals surface area contributed by atoms with Crippen LogP contribution < -0.4 is 10.6 Å². The average Bonchev–Trinajstić information content (AvgIpc) is 2.93. The first-order chi connectivity index (χ1) is 11.6. The molecule has 2 amide bonds. The normalized spacial score (nSPS) is 20.9. The van der Waals surface area contributed by atoms with Crippen molar-refractivity contribution in [3.8, 4) is 0 Å². The molecule has 1 aromatic carbocycles. The first-order valence-corrected chi connectivity index (χ1v) is 9.31. The quantitative estimate of drug-likeness (QED) is 0.681. The van der Waals surface area contributed by atoms with E-state index >= 15 is 0 Å². The van der Waals surface area contributed by atoms with E-state index in [4.69, 9.17) is 0 Å².